The van der Waals surface area contributed by atoms with Crippen LogP contribution in [0, 0.1) is 11.3 Å². The average molecular weight is 398 g/mol. The zero-order valence-electron chi connectivity index (χ0n) is 15.9. The molecule has 0 amide bonds. The van der Waals surface area contributed by atoms with E-state index in [4.69, 9.17) is 4.98 Å². The van der Waals surface area contributed by atoms with Crippen LogP contribution < -0.4 is 5.56 Å². The summed E-state index contributed by atoms with van der Waals surface area (Å²) in [5.74, 6) is 0.565. The van der Waals surface area contributed by atoms with E-state index in [1.165, 1.54) is 11.8 Å². The van der Waals surface area contributed by atoms with Gasteiger partial charge in [0.1, 0.15) is 0 Å². The normalized spacial score (nSPS) is 11.9. The maximum atomic E-state index is 13.4. The van der Waals surface area contributed by atoms with E-state index in [9.17, 15) is 10.1 Å². The third-order valence-corrected chi connectivity index (χ3v) is 5.94. The van der Waals surface area contributed by atoms with E-state index in [1.54, 1.807) is 4.57 Å². The van der Waals surface area contributed by atoms with Crippen LogP contribution in [0.4, 0.5) is 0 Å². The Morgan fingerprint density at radius 1 is 1.00 bits per heavy atom. The number of rotatable bonds is 5. The second-order valence-electron chi connectivity index (χ2n) is 6.73. The highest BCUT2D eigenvalue weighted by Crippen LogP contribution is 2.28. The van der Waals surface area contributed by atoms with Crippen molar-refractivity contribution in [3.63, 3.8) is 0 Å². The molecule has 0 fully saturated rings. The molecule has 0 unspecified atom stereocenters. The monoisotopic (exact) mass is 397 g/mol. The Kier molecular flexibility index (Phi) is 5.46. The fraction of sp³-hybridized carbons (Fsp3) is 0.125. The van der Waals surface area contributed by atoms with E-state index in [0.29, 0.717) is 27.4 Å². The quantitative estimate of drug-likeness (QED) is 0.344. The van der Waals surface area contributed by atoms with Gasteiger partial charge in [-0.15, -0.1) is 0 Å². The van der Waals surface area contributed by atoms with Gasteiger partial charge in [-0.3, -0.25) is 9.36 Å². The lowest BCUT2D eigenvalue weighted by molar-refractivity contribution is 0.548. The van der Waals surface area contributed by atoms with Gasteiger partial charge in [0.05, 0.1) is 28.6 Å². The summed E-state index contributed by atoms with van der Waals surface area (Å²) < 4.78 is 1.76. The molecular formula is C24H19N3OS. The molecule has 1 atom stereocenters. The Labute approximate surface area is 173 Å². The lowest BCUT2D eigenvalue weighted by atomic mass is 10.1. The molecule has 0 bridgehead atoms. The molecule has 0 saturated heterocycles. The number of fused-ring (bicyclic) bond motifs is 1. The molecule has 1 aromatic heterocycles. The molecule has 4 nitrogen and oxygen atoms in total. The van der Waals surface area contributed by atoms with Crippen LogP contribution in [0.15, 0.2) is 88.8 Å². The van der Waals surface area contributed by atoms with Crippen molar-refractivity contribution in [1.82, 2.24) is 9.55 Å². The fourth-order valence-corrected chi connectivity index (χ4v) is 4.43. The van der Waals surface area contributed by atoms with Gasteiger partial charge in [-0.05, 0) is 36.2 Å². The van der Waals surface area contributed by atoms with Gasteiger partial charge in [0.2, 0.25) is 0 Å². The number of hydrogen-bond acceptors (Lipinski definition) is 4. The summed E-state index contributed by atoms with van der Waals surface area (Å²) in [5.41, 5.74) is 3.26. The molecule has 0 saturated carbocycles. The number of benzene rings is 3. The minimum absolute atomic E-state index is 0.0528. The van der Waals surface area contributed by atoms with Crippen molar-refractivity contribution in [3.05, 3.63) is 106 Å². The molecule has 1 heterocycles. The highest BCUT2D eigenvalue weighted by molar-refractivity contribution is 7.98. The van der Waals surface area contributed by atoms with Crippen LogP contribution in [0.1, 0.15) is 29.7 Å². The lowest BCUT2D eigenvalue weighted by Crippen LogP contribution is -2.27. The first-order valence-corrected chi connectivity index (χ1v) is 10.3. The largest absolute Gasteiger partial charge is 0.280 e. The smallest absolute Gasteiger partial charge is 0.262 e. The Balaban J connectivity index is 1.81. The predicted octanol–water partition coefficient (Wildman–Crippen LogP) is 5.17. The van der Waals surface area contributed by atoms with Crippen LogP contribution in [0.3, 0.4) is 0 Å². The number of aromatic nitrogens is 2. The van der Waals surface area contributed by atoms with Gasteiger partial charge in [0, 0.05) is 5.75 Å². The van der Waals surface area contributed by atoms with Crippen LogP contribution in [0.2, 0.25) is 0 Å². The van der Waals surface area contributed by atoms with Crippen molar-refractivity contribution in [2.45, 2.75) is 23.9 Å². The molecule has 5 heteroatoms. The summed E-state index contributed by atoms with van der Waals surface area (Å²) in [6.07, 6.45) is 0. The average Bonchev–Trinajstić information content (AvgIpc) is 2.78. The lowest BCUT2D eigenvalue weighted by Gasteiger charge is -2.20. The molecule has 29 heavy (non-hydrogen) atoms. The highest BCUT2D eigenvalue weighted by atomic mass is 32.2. The highest BCUT2D eigenvalue weighted by Gasteiger charge is 2.18. The van der Waals surface area contributed by atoms with Crippen molar-refractivity contribution >= 4 is 22.7 Å². The van der Waals surface area contributed by atoms with Crippen molar-refractivity contribution < 1.29 is 0 Å². The maximum Gasteiger partial charge on any atom is 0.262 e. The van der Waals surface area contributed by atoms with Crippen LogP contribution in [-0.4, -0.2) is 9.55 Å². The van der Waals surface area contributed by atoms with E-state index < -0.39 is 0 Å². The predicted molar refractivity (Wildman–Crippen MR) is 117 cm³/mol. The molecule has 4 rings (SSSR count). The molecule has 0 spiro atoms. The third kappa shape index (κ3) is 3.80. The number of thioether (sulfide) groups is 1. The van der Waals surface area contributed by atoms with Gasteiger partial charge < -0.3 is 0 Å². The van der Waals surface area contributed by atoms with Gasteiger partial charge >= 0.3 is 0 Å². The molecule has 0 aliphatic rings. The Hall–Kier alpha value is -3.36. The topological polar surface area (TPSA) is 58.7 Å². The number of nitrogens with zero attached hydrogens (tertiary/aromatic N) is 3. The van der Waals surface area contributed by atoms with Crippen molar-refractivity contribution in [2.75, 3.05) is 0 Å². The van der Waals surface area contributed by atoms with Gasteiger partial charge in [-0.1, -0.05) is 72.4 Å². The van der Waals surface area contributed by atoms with Crippen LogP contribution >= 0.6 is 11.8 Å². The molecule has 0 aliphatic heterocycles. The Morgan fingerprint density at radius 3 is 2.48 bits per heavy atom. The second-order valence-corrected chi connectivity index (χ2v) is 7.67. The number of nitriles is 1. The third-order valence-electron chi connectivity index (χ3n) is 4.94. The number of hydrogen-bond donors (Lipinski definition) is 0. The molecular weight excluding hydrogens is 378 g/mol. The van der Waals surface area contributed by atoms with Gasteiger partial charge in [-0.25, -0.2) is 4.98 Å². The zero-order valence-corrected chi connectivity index (χ0v) is 16.8. The summed E-state index contributed by atoms with van der Waals surface area (Å²) in [5, 5.41) is 10.6. The fourth-order valence-electron chi connectivity index (χ4n) is 3.35. The van der Waals surface area contributed by atoms with Gasteiger partial charge in [-0.2, -0.15) is 5.26 Å². The first kappa shape index (κ1) is 19.0. The van der Waals surface area contributed by atoms with Crippen LogP contribution in [-0.2, 0) is 5.75 Å². The molecule has 4 aromatic rings. The Bertz CT molecular complexity index is 1260. The van der Waals surface area contributed by atoms with E-state index in [0.717, 1.165) is 11.1 Å². The number of para-hydroxylation sites is 1. The van der Waals surface area contributed by atoms with E-state index >= 15 is 0 Å². The van der Waals surface area contributed by atoms with Crippen LogP contribution in [0.5, 0.6) is 0 Å². The summed E-state index contributed by atoms with van der Waals surface area (Å²) in [7, 11) is 0. The summed E-state index contributed by atoms with van der Waals surface area (Å²) >= 11 is 1.48. The SMILES string of the molecule is C[C@@H](c1ccccc1)n1c(SCc2ccccc2C#N)nc2ccccc2c1=O. The minimum Gasteiger partial charge on any atom is -0.280 e. The van der Waals surface area contributed by atoms with Crippen molar-refractivity contribution in [2.24, 2.45) is 0 Å². The van der Waals surface area contributed by atoms with Gasteiger partial charge in [0.15, 0.2) is 5.16 Å². The van der Waals surface area contributed by atoms with Crippen molar-refractivity contribution in [1.29, 1.82) is 5.26 Å². The molecule has 3 aromatic carbocycles. The van der Waals surface area contributed by atoms with E-state index in [1.807, 2.05) is 85.8 Å². The van der Waals surface area contributed by atoms with E-state index in [-0.39, 0.29) is 11.6 Å². The summed E-state index contributed by atoms with van der Waals surface area (Å²) in [6.45, 7) is 2.01. The molecule has 142 valence electrons. The standard InChI is InChI=1S/C24H19N3OS/c1-17(18-9-3-2-4-10-18)27-23(28)21-13-7-8-14-22(21)26-24(27)29-16-20-12-6-5-11-19(20)15-25/h2-14,17H,16H2,1H3/t17-/m0/s1. The molecule has 0 radical (unpaired) electrons. The minimum atomic E-state index is -0.158. The second kappa shape index (κ2) is 8.34. The zero-order chi connectivity index (χ0) is 20.2. The van der Waals surface area contributed by atoms with E-state index in [2.05, 4.69) is 6.07 Å². The Morgan fingerprint density at radius 2 is 1.69 bits per heavy atom. The van der Waals surface area contributed by atoms with Crippen molar-refractivity contribution in [3.8, 4) is 6.07 Å². The summed E-state index contributed by atoms with van der Waals surface area (Å²) in [4.78, 5) is 18.2. The first-order valence-electron chi connectivity index (χ1n) is 9.36. The van der Waals surface area contributed by atoms with Gasteiger partial charge in [0.25, 0.3) is 5.56 Å². The summed E-state index contributed by atoms with van der Waals surface area (Å²) in [6, 6.07) is 27.0. The molecule has 0 aliphatic carbocycles. The molecule has 0 N–H and O–H groups in total. The maximum absolute atomic E-state index is 13.4. The van der Waals surface area contributed by atoms with Crippen LogP contribution in [0.25, 0.3) is 10.9 Å². The first-order chi connectivity index (χ1) is 14.2.